The first-order chi connectivity index (χ1) is 26.3. The van der Waals surface area contributed by atoms with Gasteiger partial charge in [0, 0.05) is 61.5 Å². The van der Waals surface area contributed by atoms with E-state index in [9.17, 15) is 0 Å². The molecule has 1 aliphatic rings. The lowest BCUT2D eigenvalue weighted by atomic mass is 9.98. The molecule has 5 heteroatoms. The Labute approximate surface area is 303 Å². The van der Waals surface area contributed by atoms with Gasteiger partial charge in [0.2, 0.25) is 0 Å². The first-order valence-electron chi connectivity index (χ1n) is 17.8. The highest BCUT2D eigenvalue weighted by Crippen LogP contribution is 2.49. The fraction of sp³-hybridized carbons (Fsp3) is 0. The lowest BCUT2D eigenvalue weighted by Crippen LogP contribution is -2.09. The van der Waals surface area contributed by atoms with Gasteiger partial charge in [0.05, 0.1) is 16.7 Å². The molecule has 0 amide bonds. The Morgan fingerprint density at radius 3 is 1.68 bits per heavy atom. The summed E-state index contributed by atoms with van der Waals surface area (Å²) in [5, 5.41) is 6.80. The van der Waals surface area contributed by atoms with Gasteiger partial charge in [-0.15, -0.1) is 0 Å². The van der Waals surface area contributed by atoms with Crippen molar-refractivity contribution in [3.63, 3.8) is 0 Å². The third-order valence-corrected chi connectivity index (χ3v) is 10.8. The molecule has 8 aromatic carbocycles. The molecule has 0 spiro atoms. The van der Waals surface area contributed by atoms with Crippen LogP contribution in [0.5, 0.6) is 11.5 Å². The van der Waals surface area contributed by atoms with Crippen molar-refractivity contribution in [2.75, 3.05) is 4.90 Å². The number of furan rings is 2. The van der Waals surface area contributed by atoms with Crippen LogP contribution in [0.15, 0.2) is 179 Å². The topological polar surface area (TPSA) is 43.7 Å². The average molecular weight is 681 g/mol. The maximum Gasteiger partial charge on any atom is 0.152 e. The minimum atomic E-state index is 0.847. The number of hydrogen-bond donors (Lipinski definition) is 0. The van der Waals surface area contributed by atoms with Crippen LogP contribution in [-0.4, -0.2) is 4.57 Å². The summed E-state index contributed by atoms with van der Waals surface area (Å²) in [7, 11) is 0. The van der Waals surface area contributed by atoms with Gasteiger partial charge < -0.3 is 23.0 Å². The third kappa shape index (κ3) is 4.07. The number of fused-ring (bicyclic) bond motifs is 11. The minimum absolute atomic E-state index is 0.847. The molecular weight excluding hydrogens is 653 g/mol. The van der Waals surface area contributed by atoms with Crippen LogP contribution in [0.1, 0.15) is 0 Å². The minimum Gasteiger partial charge on any atom is -0.456 e. The zero-order chi connectivity index (χ0) is 34.6. The molecule has 0 radical (unpaired) electrons. The summed E-state index contributed by atoms with van der Waals surface area (Å²) in [4.78, 5) is 2.27. The van der Waals surface area contributed by atoms with Gasteiger partial charge in [-0.25, -0.2) is 0 Å². The largest absolute Gasteiger partial charge is 0.456 e. The molecule has 0 atom stereocenters. The van der Waals surface area contributed by atoms with Crippen LogP contribution in [0.4, 0.5) is 17.1 Å². The average Bonchev–Trinajstić information content (AvgIpc) is 3.89. The molecule has 4 heterocycles. The number of benzene rings is 8. The molecule has 0 bridgehead atoms. The molecule has 0 aliphatic carbocycles. The Balaban J connectivity index is 1.04. The summed E-state index contributed by atoms with van der Waals surface area (Å²) in [6.07, 6.45) is 0. The van der Waals surface area contributed by atoms with Crippen LogP contribution >= 0.6 is 0 Å². The number of nitrogens with zero attached hydrogens (tertiary/aromatic N) is 2. The van der Waals surface area contributed by atoms with E-state index in [1.54, 1.807) is 0 Å². The number of hydrogen-bond acceptors (Lipinski definition) is 4. The molecule has 0 saturated heterocycles. The van der Waals surface area contributed by atoms with E-state index in [0.717, 1.165) is 100 Å². The van der Waals surface area contributed by atoms with E-state index in [4.69, 9.17) is 13.6 Å². The monoisotopic (exact) mass is 680 g/mol. The van der Waals surface area contributed by atoms with E-state index in [1.807, 2.05) is 36.4 Å². The Hall–Kier alpha value is -7.24. The van der Waals surface area contributed by atoms with Crippen LogP contribution in [0.25, 0.3) is 82.5 Å². The number of aromatic nitrogens is 1. The van der Waals surface area contributed by atoms with Gasteiger partial charge >= 0.3 is 0 Å². The smallest absolute Gasteiger partial charge is 0.152 e. The second kappa shape index (κ2) is 10.6. The number of para-hydroxylation sites is 5. The summed E-state index contributed by atoms with van der Waals surface area (Å²) >= 11 is 0. The Morgan fingerprint density at radius 2 is 0.981 bits per heavy atom. The van der Waals surface area contributed by atoms with Crippen molar-refractivity contribution < 1.29 is 13.6 Å². The van der Waals surface area contributed by atoms with E-state index >= 15 is 0 Å². The molecule has 1 aliphatic heterocycles. The number of rotatable bonds is 4. The van der Waals surface area contributed by atoms with Crippen molar-refractivity contribution in [2.24, 2.45) is 0 Å². The molecule has 12 rings (SSSR count). The van der Waals surface area contributed by atoms with Crippen molar-refractivity contribution in [1.29, 1.82) is 0 Å². The van der Waals surface area contributed by atoms with Crippen LogP contribution in [0, 0.1) is 0 Å². The Morgan fingerprint density at radius 1 is 0.415 bits per heavy atom. The van der Waals surface area contributed by atoms with Crippen LogP contribution in [-0.2, 0) is 0 Å². The second-order valence-electron chi connectivity index (χ2n) is 13.7. The molecule has 0 saturated carbocycles. The quantitative estimate of drug-likeness (QED) is 0.186. The van der Waals surface area contributed by atoms with Crippen molar-refractivity contribution in [3.8, 4) is 28.3 Å². The molecule has 11 aromatic rings. The molecular formula is C48H28N2O3. The van der Waals surface area contributed by atoms with E-state index in [2.05, 4.69) is 143 Å². The maximum atomic E-state index is 6.48. The van der Waals surface area contributed by atoms with E-state index in [0.29, 0.717) is 0 Å². The van der Waals surface area contributed by atoms with Crippen LogP contribution < -0.4 is 9.64 Å². The zero-order valence-electron chi connectivity index (χ0n) is 28.3. The maximum absolute atomic E-state index is 6.48. The Bertz CT molecular complexity index is 3160. The number of anilines is 3. The first kappa shape index (κ1) is 28.5. The summed E-state index contributed by atoms with van der Waals surface area (Å²) in [5.74, 6) is 1.73. The van der Waals surface area contributed by atoms with Gasteiger partial charge in [-0.05, 0) is 90.0 Å². The highest BCUT2D eigenvalue weighted by molar-refractivity contribution is 6.18. The predicted molar refractivity (Wildman–Crippen MR) is 216 cm³/mol. The van der Waals surface area contributed by atoms with E-state index in [1.165, 1.54) is 10.8 Å². The standard InChI is InChI=1S/C48H28N2O3/c1-4-12-39-38(11-1)47-33(25-26-44-48(47)50(39)40-13-5-8-16-43(40)53-44)29-17-19-30(20-18-29)49(31-21-23-36-34-9-2-6-14-41(34)51-45(36)27-31)32-22-24-37-35-10-3-7-15-42(35)52-46(37)28-32/h1-28H. The van der Waals surface area contributed by atoms with Crippen molar-refractivity contribution in [3.05, 3.63) is 170 Å². The fourth-order valence-corrected chi connectivity index (χ4v) is 8.43. The molecule has 0 unspecified atom stereocenters. The van der Waals surface area contributed by atoms with Crippen molar-refractivity contribution in [2.45, 2.75) is 0 Å². The summed E-state index contributed by atoms with van der Waals surface area (Å²) in [6, 6.07) is 59.4. The summed E-state index contributed by atoms with van der Waals surface area (Å²) in [5.41, 5.74) is 12.1. The Kier molecular flexibility index (Phi) is 5.71. The zero-order valence-corrected chi connectivity index (χ0v) is 28.3. The molecule has 248 valence electrons. The normalized spacial score (nSPS) is 12.3. The van der Waals surface area contributed by atoms with E-state index < -0.39 is 0 Å². The highest BCUT2D eigenvalue weighted by atomic mass is 16.5. The second-order valence-corrected chi connectivity index (χ2v) is 13.7. The summed E-state index contributed by atoms with van der Waals surface area (Å²) in [6.45, 7) is 0. The van der Waals surface area contributed by atoms with Crippen LogP contribution in [0.2, 0.25) is 0 Å². The van der Waals surface area contributed by atoms with Crippen molar-refractivity contribution >= 4 is 82.7 Å². The SMILES string of the molecule is c1ccc2c(c1)Oc1ccc(-c3ccc(N(c4ccc5c(c4)oc4ccccc45)c4ccc5c(c4)oc4ccccc45)cc3)c3c4ccccc4n-2c13. The van der Waals surface area contributed by atoms with Gasteiger partial charge in [-0.2, -0.15) is 0 Å². The van der Waals surface area contributed by atoms with Crippen LogP contribution in [0.3, 0.4) is 0 Å². The lowest BCUT2D eigenvalue weighted by molar-refractivity contribution is 0.476. The lowest BCUT2D eigenvalue weighted by Gasteiger charge is -2.26. The predicted octanol–water partition coefficient (Wildman–Crippen LogP) is 13.8. The number of ether oxygens (including phenoxy) is 1. The fourth-order valence-electron chi connectivity index (χ4n) is 8.43. The highest BCUT2D eigenvalue weighted by Gasteiger charge is 2.26. The molecule has 3 aromatic heterocycles. The van der Waals surface area contributed by atoms with E-state index in [-0.39, 0.29) is 0 Å². The molecule has 0 N–H and O–H groups in total. The van der Waals surface area contributed by atoms with Gasteiger partial charge in [0.1, 0.15) is 22.3 Å². The van der Waals surface area contributed by atoms with Gasteiger partial charge in [-0.1, -0.05) is 78.9 Å². The molecule has 0 fully saturated rings. The van der Waals surface area contributed by atoms with Gasteiger partial charge in [0.25, 0.3) is 0 Å². The molecule has 5 nitrogen and oxygen atoms in total. The summed E-state index contributed by atoms with van der Waals surface area (Å²) < 4.78 is 21.6. The third-order valence-electron chi connectivity index (χ3n) is 10.8. The van der Waals surface area contributed by atoms with Gasteiger partial charge in [0.15, 0.2) is 11.5 Å². The van der Waals surface area contributed by atoms with Gasteiger partial charge in [-0.3, -0.25) is 0 Å². The molecule has 53 heavy (non-hydrogen) atoms. The van der Waals surface area contributed by atoms with Crippen molar-refractivity contribution in [1.82, 2.24) is 4.57 Å². The first-order valence-corrected chi connectivity index (χ1v) is 17.8.